The molecule has 2 bridgehead atoms. The van der Waals surface area contributed by atoms with Crippen LogP contribution in [-0.2, 0) is 23.8 Å². The smallest absolute Gasteiger partial charge is 0.482 e. The first-order valence-corrected chi connectivity index (χ1v) is 16.3. The second kappa shape index (κ2) is 11.5. The molecule has 10 heteroatoms. The van der Waals surface area contributed by atoms with E-state index in [-0.39, 0.29) is 29.0 Å². The molecule has 2 unspecified atom stereocenters. The fourth-order valence-corrected chi connectivity index (χ4v) is 9.45. The van der Waals surface area contributed by atoms with Crippen LogP contribution in [0.15, 0.2) is 30.9 Å². The Balaban J connectivity index is 1.38. The number of carboxylic acid groups (broad SMARTS) is 1. The average Bonchev–Trinajstić information content (AvgIpc) is 3.48. The van der Waals surface area contributed by atoms with Crippen molar-refractivity contribution in [3.05, 3.63) is 36.4 Å². The van der Waals surface area contributed by atoms with Gasteiger partial charge in [-0.05, 0) is 71.5 Å². The van der Waals surface area contributed by atoms with Crippen LogP contribution in [0, 0.1) is 45.3 Å². The zero-order chi connectivity index (χ0) is 33.3. The van der Waals surface area contributed by atoms with Crippen molar-refractivity contribution in [1.29, 1.82) is 0 Å². The van der Waals surface area contributed by atoms with Gasteiger partial charge in [0.2, 0.25) is 0 Å². The van der Waals surface area contributed by atoms with Crippen LogP contribution in [-0.4, -0.2) is 58.9 Å². The van der Waals surface area contributed by atoms with Crippen LogP contribution in [0.25, 0.3) is 0 Å². The second-order valence-electron chi connectivity index (χ2n) is 15.7. The molecule has 1 aliphatic heterocycles. The molecule has 3 saturated carbocycles. The van der Waals surface area contributed by atoms with Gasteiger partial charge in [0.25, 0.3) is 0 Å². The Morgan fingerprint density at radius 2 is 1.91 bits per heavy atom. The van der Waals surface area contributed by atoms with Crippen molar-refractivity contribution in [3.63, 3.8) is 0 Å². The first-order chi connectivity index (χ1) is 20.9. The van der Waals surface area contributed by atoms with Gasteiger partial charge in [0.1, 0.15) is 17.6 Å². The summed E-state index contributed by atoms with van der Waals surface area (Å²) in [6, 6.07) is 4.86. The summed E-state index contributed by atoms with van der Waals surface area (Å²) in [6.45, 7) is 17.3. The van der Waals surface area contributed by atoms with E-state index in [1.807, 2.05) is 27.7 Å². The van der Waals surface area contributed by atoms with E-state index in [2.05, 4.69) is 27.4 Å². The van der Waals surface area contributed by atoms with E-state index >= 15 is 0 Å². The van der Waals surface area contributed by atoms with Gasteiger partial charge in [0, 0.05) is 23.2 Å². The molecule has 3 fully saturated rings. The first kappa shape index (κ1) is 33.7. The van der Waals surface area contributed by atoms with Crippen molar-refractivity contribution in [2.45, 2.75) is 98.9 Å². The molecule has 246 valence electrons. The monoisotopic (exact) mass is 624 g/mol. The summed E-state index contributed by atoms with van der Waals surface area (Å²) in [5.74, 6) is -2.34. The molecule has 0 amide bonds. The van der Waals surface area contributed by atoms with Crippen molar-refractivity contribution in [1.82, 2.24) is 0 Å². The molecule has 3 N–H and O–H groups in total. The maximum Gasteiger partial charge on any atom is 0.492 e. The minimum atomic E-state index is -1.33. The van der Waals surface area contributed by atoms with Gasteiger partial charge in [-0.15, -0.1) is 6.58 Å². The highest BCUT2D eigenvalue weighted by Crippen LogP contribution is 2.68. The average molecular weight is 625 g/mol. The quantitative estimate of drug-likeness (QED) is 0.228. The maximum absolute atomic E-state index is 13.6. The van der Waals surface area contributed by atoms with Crippen LogP contribution >= 0.6 is 0 Å². The molecule has 10 atom stereocenters. The highest BCUT2D eigenvalue weighted by molar-refractivity contribution is 6.61. The number of ketones is 1. The lowest BCUT2D eigenvalue weighted by Crippen LogP contribution is -2.63. The normalized spacial score (nSPS) is 38.4. The van der Waals surface area contributed by atoms with Gasteiger partial charge in [0.05, 0.1) is 18.1 Å². The van der Waals surface area contributed by atoms with Gasteiger partial charge in [-0.25, -0.2) is 4.79 Å². The number of Topliss-reactive ketones (excluding diaryl/α,β-unsaturated/α-hetero) is 1. The zero-order valence-corrected chi connectivity index (χ0v) is 27.7. The van der Waals surface area contributed by atoms with Gasteiger partial charge >= 0.3 is 19.1 Å². The number of carbonyl (C=O) groups excluding carboxylic acids is 2. The molecule has 1 aromatic carbocycles. The molecule has 5 rings (SSSR count). The molecule has 0 spiro atoms. The highest BCUT2D eigenvalue weighted by atomic mass is 16.6. The predicted molar refractivity (Wildman–Crippen MR) is 169 cm³/mol. The lowest BCUT2D eigenvalue weighted by molar-refractivity contribution is -0.207. The van der Waals surface area contributed by atoms with Crippen LogP contribution in [0.4, 0.5) is 0 Å². The number of esters is 1. The molecule has 0 aromatic heterocycles. The molecular weight excluding hydrogens is 575 g/mol. The minimum Gasteiger partial charge on any atom is -0.482 e. The van der Waals surface area contributed by atoms with Gasteiger partial charge < -0.3 is 29.4 Å². The van der Waals surface area contributed by atoms with Gasteiger partial charge in [-0.3, -0.25) is 9.59 Å². The van der Waals surface area contributed by atoms with Crippen molar-refractivity contribution >= 4 is 30.3 Å². The van der Waals surface area contributed by atoms with Gasteiger partial charge in [-0.2, -0.15) is 0 Å². The van der Waals surface area contributed by atoms with Crippen LogP contribution in [0.5, 0.6) is 5.75 Å². The Labute approximate surface area is 266 Å². The fourth-order valence-electron chi connectivity index (χ4n) is 9.45. The van der Waals surface area contributed by atoms with Crippen LogP contribution in [0.3, 0.4) is 0 Å². The molecule has 45 heavy (non-hydrogen) atoms. The fraction of sp³-hybridized carbons (Fsp3) is 0.686. The lowest BCUT2D eigenvalue weighted by Gasteiger charge is -2.61. The summed E-state index contributed by atoms with van der Waals surface area (Å²) in [6.07, 6.45) is 2.79. The van der Waals surface area contributed by atoms with E-state index in [9.17, 15) is 29.6 Å². The number of aliphatic carboxylic acids is 1. The zero-order valence-electron chi connectivity index (χ0n) is 27.7. The third-order valence-electron chi connectivity index (χ3n) is 12.3. The number of benzene rings is 1. The van der Waals surface area contributed by atoms with E-state index in [0.717, 1.165) is 19.3 Å². The van der Waals surface area contributed by atoms with Crippen LogP contribution in [0.2, 0.25) is 0 Å². The third kappa shape index (κ3) is 5.34. The first-order valence-electron chi connectivity index (χ1n) is 16.3. The summed E-state index contributed by atoms with van der Waals surface area (Å²) in [5, 5.41) is 32.3. The predicted octanol–water partition coefficient (Wildman–Crippen LogP) is 4.48. The third-order valence-corrected chi connectivity index (χ3v) is 12.3. The molecule has 9 nitrogen and oxygen atoms in total. The van der Waals surface area contributed by atoms with E-state index in [4.69, 9.17) is 14.1 Å². The number of ether oxygens (including phenoxy) is 2. The molecule has 1 heterocycles. The topological polar surface area (TPSA) is 140 Å². The maximum atomic E-state index is 13.6. The number of fused-ring (bicyclic) bond motifs is 1. The van der Waals surface area contributed by atoms with Crippen LogP contribution < -0.4 is 10.2 Å². The number of carbonyl (C=O) groups is 3. The summed E-state index contributed by atoms with van der Waals surface area (Å²) in [7, 11) is -1.33. The Morgan fingerprint density at radius 3 is 2.53 bits per heavy atom. The molecule has 1 aromatic rings. The Bertz CT molecular complexity index is 1370. The number of aliphatic hydroxyl groups excluding tert-OH is 1. The highest BCUT2D eigenvalue weighted by Gasteiger charge is 2.68. The molecule has 0 saturated heterocycles. The molecule has 4 aliphatic rings. The molecular formula is C35H49BO9. The van der Waals surface area contributed by atoms with Crippen molar-refractivity contribution < 1.29 is 43.7 Å². The number of rotatable bonds is 7. The summed E-state index contributed by atoms with van der Waals surface area (Å²) in [5.41, 5.74) is -1.39. The van der Waals surface area contributed by atoms with Crippen molar-refractivity contribution in [2.75, 3.05) is 6.61 Å². The summed E-state index contributed by atoms with van der Waals surface area (Å²) in [4.78, 5) is 39.2. The SMILES string of the molecule is C=C[C@]1(C)C[C@@H](OC(=O)COc2ccc3c(c2)B(O)OC3C(C(=O)O)C(C)(C)C)[C@]2(C)[C@H](C)CC[C@]3(CCC(=O)[C@H]32)[C@@H](C)[C@@H]1O. The van der Waals surface area contributed by atoms with E-state index in [1.165, 1.54) is 0 Å². The van der Waals surface area contributed by atoms with Crippen molar-refractivity contribution in [2.24, 2.45) is 45.3 Å². The Kier molecular flexibility index (Phi) is 8.63. The molecule has 0 radical (unpaired) electrons. The van der Waals surface area contributed by atoms with Gasteiger partial charge in [-0.1, -0.05) is 60.6 Å². The minimum absolute atomic E-state index is 0.113. The lowest BCUT2D eigenvalue weighted by atomic mass is 9.44. The summed E-state index contributed by atoms with van der Waals surface area (Å²) < 4.78 is 17.8. The van der Waals surface area contributed by atoms with Gasteiger partial charge in [0.15, 0.2) is 6.61 Å². The van der Waals surface area contributed by atoms with E-state index in [0.29, 0.717) is 29.6 Å². The number of carboxylic acids is 1. The van der Waals surface area contributed by atoms with E-state index in [1.54, 1.807) is 24.3 Å². The van der Waals surface area contributed by atoms with Crippen molar-refractivity contribution in [3.8, 4) is 5.75 Å². The van der Waals surface area contributed by atoms with E-state index < -0.39 is 66.1 Å². The number of hydrogen-bond acceptors (Lipinski definition) is 8. The number of aliphatic hydroxyl groups is 1. The Hall–Kier alpha value is -2.69. The molecule has 3 aliphatic carbocycles. The van der Waals surface area contributed by atoms with Crippen LogP contribution in [0.1, 0.15) is 92.2 Å². The second-order valence-corrected chi connectivity index (χ2v) is 15.7. The largest absolute Gasteiger partial charge is 0.492 e. The summed E-state index contributed by atoms with van der Waals surface area (Å²) >= 11 is 0. The Morgan fingerprint density at radius 1 is 1.22 bits per heavy atom. The standard InChI is InChI=1S/C35H49BO9/c1-9-33(7)17-25(34(8)19(2)12-14-35(20(3)30(33)39)15-13-24(37)29(34)35)44-26(38)18-43-21-10-11-22-23(16-21)36(42)45-28(22)27(31(40)41)32(4,5)6/h9-11,16,19-20,25,27-30,39,42H,1,12-15,17-18H2,2-8H3,(H,40,41)/t19-,20+,25-,27?,28?,29+,30+,33-,34+,35+/m1/s1. The number of hydrogen-bond donors (Lipinski definition) is 3.